The molecule has 0 saturated carbocycles. The van der Waals surface area contributed by atoms with Crippen molar-refractivity contribution in [2.75, 3.05) is 20.2 Å². The van der Waals surface area contributed by atoms with Crippen molar-refractivity contribution in [3.63, 3.8) is 0 Å². The molecule has 0 bridgehead atoms. The van der Waals surface area contributed by atoms with Crippen LogP contribution in [-0.4, -0.2) is 36.1 Å². The first-order valence-corrected chi connectivity index (χ1v) is 11.1. The van der Waals surface area contributed by atoms with E-state index in [9.17, 15) is 0 Å². The fourth-order valence-corrected chi connectivity index (χ4v) is 3.71. The predicted molar refractivity (Wildman–Crippen MR) is 125 cm³/mol. The minimum absolute atomic E-state index is 0.528. The van der Waals surface area contributed by atoms with Crippen LogP contribution in [0.1, 0.15) is 28.1 Å². The van der Waals surface area contributed by atoms with Crippen LogP contribution in [0.25, 0.3) is 0 Å². The second kappa shape index (κ2) is 11.3. The van der Waals surface area contributed by atoms with Crippen LogP contribution in [0.5, 0.6) is 17.4 Å². The molecule has 0 unspecified atom stereocenters. The van der Waals surface area contributed by atoms with Gasteiger partial charge in [0, 0.05) is 36.7 Å². The number of rotatable bonds is 9. The molecule has 0 aliphatic rings. The highest BCUT2D eigenvalue weighted by molar-refractivity contribution is 7.11. The second-order valence-electron chi connectivity index (χ2n) is 6.90. The molecule has 7 nitrogen and oxygen atoms in total. The van der Waals surface area contributed by atoms with Gasteiger partial charge >= 0.3 is 0 Å². The van der Waals surface area contributed by atoms with Crippen molar-refractivity contribution in [2.45, 2.75) is 33.7 Å². The summed E-state index contributed by atoms with van der Waals surface area (Å²) in [5.41, 5.74) is 2.12. The van der Waals surface area contributed by atoms with Crippen LogP contribution in [-0.2, 0) is 13.0 Å². The van der Waals surface area contributed by atoms with Gasteiger partial charge in [0.25, 0.3) is 0 Å². The van der Waals surface area contributed by atoms with E-state index in [1.165, 1.54) is 4.88 Å². The highest BCUT2D eigenvalue weighted by Gasteiger charge is 2.05. The highest BCUT2D eigenvalue weighted by atomic mass is 32.1. The molecule has 31 heavy (non-hydrogen) atoms. The summed E-state index contributed by atoms with van der Waals surface area (Å²) >= 11 is 1.76. The molecule has 2 aromatic heterocycles. The molecule has 1 aromatic carbocycles. The number of aromatic nitrogens is 2. The summed E-state index contributed by atoms with van der Waals surface area (Å²) < 4.78 is 10.9. The maximum atomic E-state index is 5.77. The van der Waals surface area contributed by atoms with Crippen molar-refractivity contribution < 1.29 is 9.47 Å². The second-order valence-corrected chi connectivity index (χ2v) is 8.19. The third kappa shape index (κ3) is 6.96. The molecule has 0 spiro atoms. The lowest BCUT2D eigenvalue weighted by Gasteiger charge is -2.11. The van der Waals surface area contributed by atoms with E-state index < -0.39 is 0 Å². The number of benzene rings is 1. The Balaban J connectivity index is 1.52. The molecule has 0 saturated heterocycles. The van der Waals surface area contributed by atoms with Crippen molar-refractivity contribution in [1.29, 1.82) is 0 Å². The molecule has 0 aliphatic carbocycles. The molecule has 164 valence electrons. The van der Waals surface area contributed by atoms with E-state index in [1.54, 1.807) is 24.6 Å². The van der Waals surface area contributed by atoms with E-state index in [0.29, 0.717) is 18.2 Å². The summed E-state index contributed by atoms with van der Waals surface area (Å²) in [7, 11) is 1.64. The molecular weight excluding hydrogens is 410 g/mol. The summed E-state index contributed by atoms with van der Waals surface area (Å²) in [6.45, 7) is 8.32. The minimum Gasteiger partial charge on any atom is -0.497 e. The molecule has 0 radical (unpaired) electrons. The van der Waals surface area contributed by atoms with Crippen molar-refractivity contribution in [3.8, 4) is 17.4 Å². The van der Waals surface area contributed by atoms with E-state index in [0.717, 1.165) is 47.5 Å². The van der Waals surface area contributed by atoms with Gasteiger partial charge in [0.15, 0.2) is 5.96 Å². The number of hydrogen-bond donors (Lipinski definition) is 2. The predicted octanol–water partition coefficient (Wildman–Crippen LogP) is 4.25. The fraction of sp³-hybridized carbons (Fsp3) is 0.348. The smallest absolute Gasteiger partial charge is 0.219 e. The van der Waals surface area contributed by atoms with E-state index >= 15 is 0 Å². The summed E-state index contributed by atoms with van der Waals surface area (Å²) in [5.74, 6) is 2.82. The summed E-state index contributed by atoms with van der Waals surface area (Å²) in [6.07, 6.45) is 2.66. The van der Waals surface area contributed by atoms with Gasteiger partial charge in [-0.2, -0.15) is 0 Å². The largest absolute Gasteiger partial charge is 0.497 e. The van der Waals surface area contributed by atoms with Gasteiger partial charge in [-0.1, -0.05) is 6.07 Å². The zero-order chi connectivity index (χ0) is 22.1. The average molecular weight is 440 g/mol. The Labute approximate surface area is 187 Å². The molecule has 0 amide bonds. The number of methoxy groups -OCH3 is 1. The number of aliphatic imine (C=N–C) groups is 1. The lowest BCUT2D eigenvalue weighted by Crippen LogP contribution is -2.38. The lowest BCUT2D eigenvalue weighted by atomic mass is 10.3. The van der Waals surface area contributed by atoms with Gasteiger partial charge in [-0.05, 0) is 50.6 Å². The van der Waals surface area contributed by atoms with Crippen LogP contribution >= 0.6 is 11.3 Å². The topological polar surface area (TPSA) is 80.7 Å². The number of nitrogens with zero attached hydrogens (tertiary/aromatic N) is 3. The van der Waals surface area contributed by atoms with Gasteiger partial charge < -0.3 is 20.1 Å². The van der Waals surface area contributed by atoms with Gasteiger partial charge in [-0.15, -0.1) is 11.3 Å². The van der Waals surface area contributed by atoms with E-state index in [4.69, 9.17) is 9.47 Å². The molecule has 2 heterocycles. The Morgan fingerprint density at radius 1 is 1.06 bits per heavy atom. The number of ether oxygens (including phenoxy) is 2. The molecule has 2 N–H and O–H groups in total. The molecule has 0 aliphatic heterocycles. The van der Waals surface area contributed by atoms with Crippen molar-refractivity contribution in [2.24, 2.45) is 4.99 Å². The van der Waals surface area contributed by atoms with Crippen LogP contribution in [0.3, 0.4) is 0 Å². The first-order chi connectivity index (χ1) is 15.1. The summed E-state index contributed by atoms with van der Waals surface area (Å²) in [4.78, 5) is 14.9. The van der Waals surface area contributed by atoms with Crippen molar-refractivity contribution >= 4 is 17.3 Å². The number of hydrogen-bond acceptors (Lipinski definition) is 6. The van der Waals surface area contributed by atoms with E-state index in [1.807, 2.05) is 36.4 Å². The third-order valence-electron chi connectivity index (χ3n) is 4.55. The number of guanidine groups is 1. The maximum absolute atomic E-state index is 5.77. The number of thiazole rings is 1. The van der Waals surface area contributed by atoms with Gasteiger partial charge in [-0.3, -0.25) is 0 Å². The molecular formula is C23H29N5O2S. The number of nitrogens with one attached hydrogen (secondary N) is 2. The summed E-state index contributed by atoms with van der Waals surface area (Å²) in [6, 6.07) is 11.2. The quantitative estimate of drug-likeness (QED) is 0.383. The number of aryl methyl sites for hydroxylation is 2. The van der Waals surface area contributed by atoms with Crippen LogP contribution in [0.4, 0.5) is 0 Å². The standard InChI is InChI=1S/C23H29N5O2S/c1-5-24-23(25-13-12-22-28-16(2)17(3)31-22)27-15-18-6-11-21(26-14-18)30-20-9-7-19(29-4)8-10-20/h6-11,14H,5,12-13,15H2,1-4H3,(H2,24,25,27). The van der Waals surface area contributed by atoms with Gasteiger partial charge in [-0.25, -0.2) is 15.0 Å². The highest BCUT2D eigenvalue weighted by Crippen LogP contribution is 2.22. The summed E-state index contributed by atoms with van der Waals surface area (Å²) in [5, 5.41) is 7.80. The Morgan fingerprint density at radius 2 is 1.84 bits per heavy atom. The zero-order valence-corrected chi connectivity index (χ0v) is 19.3. The van der Waals surface area contributed by atoms with Gasteiger partial charge in [0.1, 0.15) is 11.5 Å². The Bertz CT molecular complexity index is 965. The Hall–Kier alpha value is -3.13. The van der Waals surface area contributed by atoms with Crippen molar-refractivity contribution in [3.05, 3.63) is 63.7 Å². The Kier molecular flexibility index (Phi) is 8.23. The third-order valence-corrected chi connectivity index (χ3v) is 5.68. The van der Waals surface area contributed by atoms with Crippen LogP contribution in [0, 0.1) is 13.8 Å². The van der Waals surface area contributed by atoms with Crippen LogP contribution in [0.2, 0.25) is 0 Å². The lowest BCUT2D eigenvalue weighted by molar-refractivity contribution is 0.412. The van der Waals surface area contributed by atoms with Crippen LogP contribution in [0.15, 0.2) is 47.6 Å². The average Bonchev–Trinajstić information content (AvgIpc) is 3.10. The Morgan fingerprint density at radius 3 is 2.45 bits per heavy atom. The molecule has 0 atom stereocenters. The first-order valence-electron chi connectivity index (χ1n) is 10.3. The van der Waals surface area contributed by atoms with Crippen molar-refractivity contribution in [1.82, 2.24) is 20.6 Å². The normalized spacial score (nSPS) is 11.3. The monoisotopic (exact) mass is 439 g/mol. The molecule has 0 fully saturated rings. The van der Waals surface area contributed by atoms with Gasteiger partial charge in [0.2, 0.25) is 5.88 Å². The zero-order valence-electron chi connectivity index (χ0n) is 18.4. The van der Waals surface area contributed by atoms with Gasteiger partial charge in [0.05, 0.1) is 24.4 Å². The maximum Gasteiger partial charge on any atom is 0.219 e. The SMILES string of the molecule is CCNC(=NCc1ccc(Oc2ccc(OC)cc2)nc1)NCCc1nc(C)c(C)s1. The molecule has 8 heteroatoms. The van der Waals surface area contributed by atoms with E-state index in [-0.39, 0.29) is 0 Å². The first kappa shape index (κ1) is 22.6. The molecule has 3 rings (SSSR count). The van der Waals surface area contributed by atoms with E-state index in [2.05, 4.69) is 46.4 Å². The fourth-order valence-electron chi connectivity index (χ4n) is 2.78. The molecule has 3 aromatic rings. The minimum atomic E-state index is 0.528. The number of pyridine rings is 1. The van der Waals surface area contributed by atoms with Crippen LogP contribution < -0.4 is 20.1 Å².